The lowest BCUT2D eigenvalue weighted by molar-refractivity contribution is 0.542. The predicted octanol–water partition coefficient (Wildman–Crippen LogP) is 1.65. The molecule has 0 amide bonds. The Hall–Kier alpha value is -1.75. The van der Waals surface area contributed by atoms with Crippen LogP contribution >= 0.6 is 0 Å². The van der Waals surface area contributed by atoms with Crippen molar-refractivity contribution in [2.75, 3.05) is 6.54 Å². The fourth-order valence-corrected chi connectivity index (χ4v) is 1.79. The van der Waals surface area contributed by atoms with Gasteiger partial charge in [0.2, 0.25) is 0 Å². The normalized spacial score (nSPS) is 12.6. The van der Waals surface area contributed by atoms with E-state index in [0.717, 1.165) is 12.2 Å². The lowest BCUT2D eigenvalue weighted by Gasteiger charge is -2.16. The summed E-state index contributed by atoms with van der Waals surface area (Å²) >= 11 is 0. The molecule has 90 valence electrons. The largest absolute Gasteiger partial charge is 0.305 e. The van der Waals surface area contributed by atoms with Crippen molar-refractivity contribution in [3.05, 3.63) is 47.8 Å². The van der Waals surface area contributed by atoms with E-state index < -0.39 is 0 Å². The van der Waals surface area contributed by atoms with Crippen molar-refractivity contribution >= 4 is 0 Å². The number of aryl methyl sites for hydroxylation is 1. The maximum atomic E-state index is 13.7. The fourth-order valence-electron chi connectivity index (χ4n) is 1.79. The average molecular weight is 234 g/mol. The zero-order valence-corrected chi connectivity index (χ0v) is 9.89. The van der Waals surface area contributed by atoms with Gasteiger partial charge < -0.3 is 5.32 Å². The van der Waals surface area contributed by atoms with E-state index in [-0.39, 0.29) is 11.9 Å². The average Bonchev–Trinajstić information content (AvgIpc) is 2.74. The van der Waals surface area contributed by atoms with Crippen molar-refractivity contribution in [2.45, 2.75) is 13.0 Å². The molecule has 2 heterocycles. The molecular weight excluding hydrogens is 219 g/mol. The van der Waals surface area contributed by atoms with Gasteiger partial charge in [-0.1, -0.05) is 6.92 Å². The molecule has 0 aliphatic carbocycles. The van der Waals surface area contributed by atoms with E-state index in [9.17, 15) is 4.39 Å². The molecule has 17 heavy (non-hydrogen) atoms. The molecule has 0 aliphatic heterocycles. The molecule has 0 saturated heterocycles. The standard InChI is InChI=1S/C12H15FN4/c1-3-15-12(11-5-7-17(2)16-11)9-4-6-14-8-10(9)13/h4-8,12,15H,3H2,1-2H3. The molecule has 0 aliphatic rings. The maximum Gasteiger partial charge on any atom is 0.146 e. The van der Waals surface area contributed by atoms with E-state index in [1.54, 1.807) is 16.9 Å². The van der Waals surface area contributed by atoms with Crippen LogP contribution in [0.25, 0.3) is 0 Å². The Bertz CT molecular complexity index is 495. The number of halogens is 1. The Morgan fingerprint density at radius 3 is 2.88 bits per heavy atom. The van der Waals surface area contributed by atoms with Crippen LogP contribution in [0.4, 0.5) is 4.39 Å². The number of nitrogens with zero attached hydrogens (tertiary/aromatic N) is 3. The lowest BCUT2D eigenvalue weighted by atomic mass is 10.0. The van der Waals surface area contributed by atoms with Crippen molar-refractivity contribution in [3.63, 3.8) is 0 Å². The summed E-state index contributed by atoms with van der Waals surface area (Å²) in [5.41, 5.74) is 1.38. The molecule has 0 bridgehead atoms. The highest BCUT2D eigenvalue weighted by molar-refractivity contribution is 5.26. The number of hydrogen-bond donors (Lipinski definition) is 1. The minimum absolute atomic E-state index is 0.232. The second-order valence-corrected chi connectivity index (χ2v) is 3.80. The minimum Gasteiger partial charge on any atom is -0.305 e. The first-order valence-corrected chi connectivity index (χ1v) is 5.54. The number of hydrogen-bond acceptors (Lipinski definition) is 3. The molecule has 0 aromatic carbocycles. The fraction of sp³-hybridized carbons (Fsp3) is 0.333. The number of nitrogens with one attached hydrogen (secondary N) is 1. The van der Waals surface area contributed by atoms with E-state index in [1.807, 2.05) is 26.2 Å². The molecule has 1 atom stereocenters. The highest BCUT2D eigenvalue weighted by Crippen LogP contribution is 2.22. The summed E-state index contributed by atoms with van der Waals surface area (Å²) in [5.74, 6) is -0.316. The lowest BCUT2D eigenvalue weighted by Crippen LogP contribution is -2.23. The second-order valence-electron chi connectivity index (χ2n) is 3.80. The summed E-state index contributed by atoms with van der Waals surface area (Å²) in [7, 11) is 1.84. The van der Waals surface area contributed by atoms with Crippen LogP contribution in [0.2, 0.25) is 0 Å². The van der Waals surface area contributed by atoms with Crippen LogP contribution in [-0.4, -0.2) is 21.3 Å². The van der Waals surface area contributed by atoms with Gasteiger partial charge in [-0.05, 0) is 18.7 Å². The van der Waals surface area contributed by atoms with E-state index in [1.165, 1.54) is 6.20 Å². The van der Waals surface area contributed by atoms with Crippen molar-refractivity contribution in [3.8, 4) is 0 Å². The van der Waals surface area contributed by atoms with Gasteiger partial charge in [-0.25, -0.2) is 4.39 Å². The summed E-state index contributed by atoms with van der Waals surface area (Å²) in [5, 5.41) is 7.54. The molecule has 5 heteroatoms. The summed E-state index contributed by atoms with van der Waals surface area (Å²) in [4.78, 5) is 3.76. The van der Waals surface area contributed by atoms with Gasteiger partial charge in [-0.15, -0.1) is 0 Å². The maximum absolute atomic E-state index is 13.7. The van der Waals surface area contributed by atoms with Gasteiger partial charge in [-0.3, -0.25) is 9.67 Å². The quantitative estimate of drug-likeness (QED) is 0.874. The zero-order valence-electron chi connectivity index (χ0n) is 9.89. The molecule has 1 unspecified atom stereocenters. The zero-order chi connectivity index (χ0) is 12.3. The molecule has 0 fully saturated rings. The van der Waals surface area contributed by atoms with Crippen LogP contribution < -0.4 is 5.32 Å². The highest BCUT2D eigenvalue weighted by Gasteiger charge is 2.18. The molecule has 2 rings (SSSR count). The first-order chi connectivity index (χ1) is 8.22. The van der Waals surface area contributed by atoms with Crippen molar-refractivity contribution in [2.24, 2.45) is 7.05 Å². The first-order valence-electron chi connectivity index (χ1n) is 5.54. The highest BCUT2D eigenvalue weighted by atomic mass is 19.1. The number of aromatic nitrogens is 3. The van der Waals surface area contributed by atoms with Crippen LogP contribution in [0.15, 0.2) is 30.7 Å². The van der Waals surface area contributed by atoms with Gasteiger partial charge in [0.25, 0.3) is 0 Å². The van der Waals surface area contributed by atoms with Crippen LogP contribution in [-0.2, 0) is 7.05 Å². The van der Waals surface area contributed by atoms with Crippen LogP contribution in [0.5, 0.6) is 0 Å². The van der Waals surface area contributed by atoms with Gasteiger partial charge in [0, 0.05) is 25.0 Å². The SMILES string of the molecule is CCNC(c1ccn(C)n1)c1ccncc1F. The molecule has 4 nitrogen and oxygen atoms in total. The summed E-state index contributed by atoms with van der Waals surface area (Å²) in [6, 6.07) is 3.33. The predicted molar refractivity (Wildman–Crippen MR) is 62.9 cm³/mol. The Kier molecular flexibility index (Phi) is 3.49. The van der Waals surface area contributed by atoms with Crippen molar-refractivity contribution in [1.82, 2.24) is 20.1 Å². The first kappa shape index (κ1) is 11.7. The minimum atomic E-state index is -0.316. The summed E-state index contributed by atoms with van der Waals surface area (Å²) < 4.78 is 15.4. The Morgan fingerprint density at radius 2 is 2.29 bits per heavy atom. The third-order valence-corrected chi connectivity index (χ3v) is 2.55. The third kappa shape index (κ3) is 2.50. The Morgan fingerprint density at radius 1 is 1.47 bits per heavy atom. The number of pyridine rings is 1. The Labute approximate surface area is 99.5 Å². The third-order valence-electron chi connectivity index (χ3n) is 2.55. The van der Waals surface area contributed by atoms with Crippen LogP contribution in [0.1, 0.15) is 24.2 Å². The summed E-state index contributed by atoms with van der Waals surface area (Å²) in [6.07, 6.45) is 4.66. The van der Waals surface area contributed by atoms with Gasteiger partial charge in [0.05, 0.1) is 17.9 Å². The molecule has 0 radical (unpaired) electrons. The Balaban J connectivity index is 2.39. The molecule has 0 spiro atoms. The van der Waals surface area contributed by atoms with Gasteiger partial charge in [-0.2, -0.15) is 5.10 Å². The second kappa shape index (κ2) is 5.05. The molecule has 1 N–H and O–H groups in total. The van der Waals surface area contributed by atoms with Crippen LogP contribution in [0.3, 0.4) is 0 Å². The number of rotatable bonds is 4. The van der Waals surface area contributed by atoms with E-state index in [2.05, 4.69) is 15.4 Å². The smallest absolute Gasteiger partial charge is 0.146 e. The van der Waals surface area contributed by atoms with E-state index in [4.69, 9.17) is 0 Å². The van der Waals surface area contributed by atoms with E-state index >= 15 is 0 Å². The van der Waals surface area contributed by atoms with Crippen LogP contribution in [0, 0.1) is 5.82 Å². The molecule has 0 saturated carbocycles. The molecule has 2 aromatic heterocycles. The van der Waals surface area contributed by atoms with Gasteiger partial charge in [0.15, 0.2) is 0 Å². The molecule has 2 aromatic rings. The van der Waals surface area contributed by atoms with Gasteiger partial charge in [0.1, 0.15) is 5.82 Å². The van der Waals surface area contributed by atoms with E-state index in [0.29, 0.717) is 5.56 Å². The van der Waals surface area contributed by atoms with Crippen molar-refractivity contribution in [1.29, 1.82) is 0 Å². The van der Waals surface area contributed by atoms with Crippen molar-refractivity contribution < 1.29 is 4.39 Å². The molecular formula is C12H15FN4. The van der Waals surface area contributed by atoms with Gasteiger partial charge >= 0.3 is 0 Å². The topological polar surface area (TPSA) is 42.7 Å². The monoisotopic (exact) mass is 234 g/mol. The summed E-state index contributed by atoms with van der Waals surface area (Å²) in [6.45, 7) is 2.72.